The molecule has 0 saturated heterocycles. The van der Waals surface area contributed by atoms with Gasteiger partial charge in [0.2, 0.25) is 0 Å². The highest BCUT2D eigenvalue weighted by molar-refractivity contribution is 7.18. The molecule has 5 nitrogen and oxygen atoms in total. The number of aromatic amines is 1. The molecule has 0 fully saturated rings. The molecule has 2 aromatic rings. The van der Waals surface area contributed by atoms with E-state index in [1.807, 2.05) is 0 Å². The third kappa shape index (κ3) is 2.77. The monoisotopic (exact) mass is 296 g/mol. The van der Waals surface area contributed by atoms with Gasteiger partial charge in [-0.1, -0.05) is 0 Å². The van der Waals surface area contributed by atoms with Gasteiger partial charge in [0.05, 0.1) is 17.3 Å². The lowest BCUT2D eigenvalue weighted by atomic mass is 9.85. The molecule has 0 amide bonds. The van der Waals surface area contributed by atoms with Gasteiger partial charge in [-0.25, -0.2) is 4.98 Å². The number of thiophene rings is 1. The van der Waals surface area contributed by atoms with Gasteiger partial charge in [0.25, 0.3) is 5.56 Å². The quantitative estimate of drug-likeness (QED) is 0.875. The third-order valence-corrected chi connectivity index (χ3v) is 4.75. The summed E-state index contributed by atoms with van der Waals surface area (Å²) in [6.45, 7) is 2.12. The summed E-state index contributed by atoms with van der Waals surface area (Å²) in [7, 11) is 5.00. The average Bonchev–Trinajstić information content (AvgIpc) is 2.78. The summed E-state index contributed by atoms with van der Waals surface area (Å²) in [6, 6.07) is 0. The van der Waals surface area contributed by atoms with Crippen molar-refractivity contribution in [1.82, 2.24) is 9.97 Å². The van der Waals surface area contributed by atoms with Crippen LogP contribution in [0.15, 0.2) is 11.1 Å². The second-order valence-corrected chi connectivity index (χ2v) is 6.24. The Hall–Kier alpha value is -1.24. The first-order valence-electron chi connectivity index (χ1n) is 6.48. The second-order valence-electron chi connectivity index (χ2n) is 5.15. The van der Waals surface area contributed by atoms with Crippen LogP contribution in [-0.4, -0.2) is 36.9 Å². The minimum Gasteiger partial charge on any atom is -0.388 e. The molecule has 0 saturated carbocycles. The van der Waals surface area contributed by atoms with Crippen LogP contribution in [0.4, 0.5) is 0 Å². The van der Waals surface area contributed by atoms with E-state index < -0.39 is 0 Å². The molecule has 110 valence electrons. The SMILES string of the molecule is COC.COC1(C)CCc2c(sc3nc[nH]c(=O)c23)C1. The summed E-state index contributed by atoms with van der Waals surface area (Å²) in [5.41, 5.74) is 1.06. The van der Waals surface area contributed by atoms with Gasteiger partial charge < -0.3 is 14.5 Å². The number of nitrogens with one attached hydrogen (secondary N) is 1. The van der Waals surface area contributed by atoms with Crippen molar-refractivity contribution in [2.24, 2.45) is 0 Å². The fourth-order valence-corrected chi connectivity index (χ4v) is 3.81. The van der Waals surface area contributed by atoms with Crippen LogP contribution in [0.25, 0.3) is 10.2 Å². The topological polar surface area (TPSA) is 64.2 Å². The molecule has 6 heteroatoms. The molecule has 3 rings (SSSR count). The van der Waals surface area contributed by atoms with Crippen molar-refractivity contribution >= 4 is 21.6 Å². The first-order chi connectivity index (χ1) is 9.54. The van der Waals surface area contributed by atoms with Crippen LogP contribution in [-0.2, 0) is 22.3 Å². The molecule has 0 aromatic carbocycles. The number of methoxy groups -OCH3 is 2. The van der Waals surface area contributed by atoms with Crippen molar-refractivity contribution in [2.45, 2.75) is 31.8 Å². The molecule has 1 aliphatic carbocycles. The van der Waals surface area contributed by atoms with Crippen LogP contribution in [0.3, 0.4) is 0 Å². The molecule has 1 unspecified atom stereocenters. The van der Waals surface area contributed by atoms with Crippen LogP contribution in [0.1, 0.15) is 23.8 Å². The highest BCUT2D eigenvalue weighted by Crippen LogP contribution is 2.38. The normalized spacial score (nSPS) is 21.2. The van der Waals surface area contributed by atoms with E-state index in [1.165, 1.54) is 16.8 Å². The maximum atomic E-state index is 11.8. The van der Waals surface area contributed by atoms with Crippen LogP contribution < -0.4 is 5.56 Å². The zero-order valence-electron chi connectivity index (χ0n) is 12.3. The van der Waals surface area contributed by atoms with Gasteiger partial charge in [0, 0.05) is 32.6 Å². The lowest BCUT2D eigenvalue weighted by molar-refractivity contribution is -0.00395. The van der Waals surface area contributed by atoms with Crippen molar-refractivity contribution in [3.05, 3.63) is 27.1 Å². The van der Waals surface area contributed by atoms with Crippen molar-refractivity contribution in [3.8, 4) is 0 Å². The van der Waals surface area contributed by atoms with Crippen LogP contribution in [0, 0.1) is 0 Å². The highest BCUT2D eigenvalue weighted by atomic mass is 32.1. The van der Waals surface area contributed by atoms with Crippen LogP contribution >= 0.6 is 11.3 Å². The van der Waals surface area contributed by atoms with Gasteiger partial charge in [-0.3, -0.25) is 4.79 Å². The van der Waals surface area contributed by atoms with E-state index in [2.05, 4.69) is 21.6 Å². The Bertz CT molecular complexity index is 649. The minimum absolute atomic E-state index is 0.0199. The number of ether oxygens (including phenoxy) is 2. The lowest BCUT2D eigenvalue weighted by Gasteiger charge is -2.31. The van der Waals surface area contributed by atoms with E-state index in [4.69, 9.17) is 4.74 Å². The van der Waals surface area contributed by atoms with Crippen molar-refractivity contribution in [2.75, 3.05) is 21.3 Å². The predicted octanol–water partition coefficient (Wildman–Crippen LogP) is 2.14. The molecule has 0 radical (unpaired) electrons. The lowest BCUT2D eigenvalue weighted by Crippen LogP contribution is -2.34. The number of hydrogen-bond donors (Lipinski definition) is 1. The maximum absolute atomic E-state index is 11.8. The number of nitrogens with zero attached hydrogens (tertiary/aromatic N) is 1. The summed E-state index contributed by atoms with van der Waals surface area (Å²) in [4.78, 5) is 20.8. The molecule has 2 heterocycles. The Morgan fingerprint density at radius 2 is 2.10 bits per heavy atom. The first-order valence-corrected chi connectivity index (χ1v) is 7.29. The predicted molar refractivity (Wildman–Crippen MR) is 80.6 cm³/mol. The standard InChI is InChI=1S/C12H14N2O2S.C2H6O/c1-12(16-2)4-3-7-8(5-12)17-11-9(7)10(15)13-6-14-11;1-3-2/h6H,3-5H2,1-2H3,(H,13,14,15);1-2H3. The molecule has 20 heavy (non-hydrogen) atoms. The van der Waals surface area contributed by atoms with E-state index in [0.717, 1.165) is 29.5 Å². The Morgan fingerprint density at radius 1 is 1.40 bits per heavy atom. The van der Waals surface area contributed by atoms with Crippen LogP contribution in [0.2, 0.25) is 0 Å². The van der Waals surface area contributed by atoms with E-state index in [-0.39, 0.29) is 11.2 Å². The average molecular weight is 296 g/mol. The van der Waals surface area contributed by atoms with Gasteiger partial charge in [0.1, 0.15) is 4.83 Å². The van der Waals surface area contributed by atoms with Gasteiger partial charge >= 0.3 is 0 Å². The van der Waals surface area contributed by atoms with Gasteiger partial charge in [-0.15, -0.1) is 11.3 Å². The molecule has 1 atom stereocenters. The fourth-order valence-electron chi connectivity index (χ4n) is 2.44. The zero-order valence-corrected chi connectivity index (χ0v) is 13.1. The molecule has 2 aromatic heterocycles. The van der Waals surface area contributed by atoms with Crippen molar-refractivity contribution < 1.29 is 9.47 Å². The number of aromatic nitrogens is 2. The van der Waals surface area contributed by atoms with Crippen molar-refractivity contribution in [1.29, 1.82) is 0 Å². The molecule has 0 spiro atoms. The van der Waals surface area contributed by atoms with Crippen LogP contribution in [0.5, 0.6) is 0 Å². The van der Waals surface area contributed by atoms with E-state index in [1.54, 1.807) is 32.7 Å². The maximum Gasteiger partial charge on any atom is 0.259 e. The van der Waals surface area contributed by atoms with E-state index in [9.17, 15) is 4.79 Å². The summed E-state index contributed by atoms with van der Waals surface area (Å²) < 4.78 is 9.81. The first kappa shape index (κ1) is 15.2. The van der Waals surface area contributed by atoms with Gasteiger partial charge in [-0.05, 0) is 25.3 Å². The number of fused-ring (bicyclic) bond motifs is 3. The van der Waals surface area contributed by atoms with Crippen molar-refractivity contribution in [3.63, 3.8) is 0 Å². The molecule has 0 aliphatic heterocycles. The fraction of sp³-hybridized carbons (Fsp3) is 0.571. The van der Waals surface area contributed by atoms with E-state index in [0.29, 0.717) is 0 Å². The zero-order chi connectivity index (χ0) is 14.8. The summed E-state index contributed by atoms with van der Waals surface area (Å²) >= 11 is 1.62. The number of rotatable bonds is 1. The Kier molecular flexibility index (Phi) is 4.57. The minimum atomic E-state index is -0.0966. The second kappa shape index (κ2) is 6.03. The number of aryl methyl sites for hydroxylation is 1. The summed E-state index contributed by atoms with van der Waals surface area (Å²) in [5.74, 6) is 0. The molecule has 0 bridgehead atoms. The molecule has 1 N–H and O–H groups in total. The largest absolute Gasteiger partial charge is 0.388 e. The molecule has 1 aliphatic rings. The summed E-state index contributed by atoms with van der Waals surface area (Å²) in [5, 5.41) is 0.783. The smallest absolute Gasteiger partial charge is 0.259 e. The molecular weight excluding hydrogens is 276 g/mol. The van der Waals surface area contributed by atoms with Gasteiger partial charge in [0.15, 0.2) is 0 Å². The van der Waals surface area contributed by atoms with Gasteiger partial charge in [-0.2, -0.15) is 0 Å². The summed E-state index contributed by atoms with van der Waals surface area (Å²) in [6.07, 6.45) is 4.20. The number of H-pyrrole nitrogens is 1. The highest BCUT2D eigenvalue weighted by Gasteiger charge is 2.32. The third-order valence-electron chi connectivity index (χ3n) is 3.61. The Morgan fingerprint density at radius 3 is 2.75 bits per heavy atom. The Balaban J connectivity index is 0.000000452. The molecular formula is C14H20N2O3S. The van der Waals surface area contributed by atoms with E-state index >= 15 is 0 Å². The Labute approximate surface area is 122 Å². The number of hydrogen-bond acceptors (Lipinski definition) is 5.